The van der Waals surface area contributed by atoms with Crippen molar-refractivity contribution in [3.05, 3.63) is 12.2 Å². The van der Waals surface area contributed by atoms with E-state index in [9.17, 15) is 0 Å². The molecule has 0 aromatic heterocycles. The molecule has 2 nitrogen and oxygen atoms in total. The van der Waals surface area contributed by atoms with Gasteiger partial charge in [0.1, 0.15) is 0 Å². The summed E-state index contributed by atoms with van der Waals surface area (Å²) >= 11 is 0. The Labute approximate surface area is 80.4 Å². The van der Waals surface area contributed by atoms with E-state index in [0.29, 0.717) is 18.1 Å². The SMILES string of the molecule is CC(C)CNCC1CC2C=CC1O2. The topological polar surface area (TPSA) is 21.3 Å². The van der Waals surface area contributed by atoms with Crippen molar-refractivity contribution in [3.8, 4) is 0 Å². The van der Waals surface area contributed by atoms with Crippen LogP contribution in [0.25, 0.3) is 0 Å². The van der Waals surface area contributed by atoms with E-state index in [1.54, 1.807) is 0 Å². The smallest absolute Gasteiger partial charge is 0.0806 e. The van der Waals surface area contributed by atoms with Crippen molar-refractivity contribution in [2.24, 2.45) is 11.8 Å². The van der Waals surface area contributed by atoms with E-state index < -0.39 is 0 Å². The molecule has 0 spiro atoms. The number of hydrogen-bond donors (Lipinski definition) is 1. The van der Waals surface area contributed by atoms with Crippen molar-refractivity contribution >= 4 is 0 Å². The van der Waals surface area contributed by atoms with Crippen LogP contribution in [-0.2, 0) is 4.74 Å². The second kappa shape index (κ2) is 3.81. The van der Waals surface area contributed by atoms with Gasteiger partial charge in [-0.15, -0.1) is 0 Å². The summed E-state index contributed by atoms with van der Waals surface area (Å²) in [5.41, 5.74) is 0. The van der Waals surface area contributed by atoms with Crippen LogP contribution >= 0.6 is 0 Å². The lowest BCUT2D eigenvalue weighted by atomic mass is 9.94. The molecule has 2 rings (SSSR count). The Morgan fingerprint density at radius 2 is 2.31 bits per heavy atom. The van der Waals surface area contributed by atoms with Crippen LogP contribution in [0, 0.1) is 11.8 Å². The summed E-state index contributed by atoms with van der Waals surface area (Å²) < 4.78 is 5.69. The molecule has 1 saturated heterocycles. The highest BCUT2D eigenvalue weighted by molar-refractivity contribution is 5.11. The van der Waals surface area contributed by atoms with E-state index in [4.69, 9.17) is 4.74 Å². The average Bonchev–Trinajstić information content (AvgIpc) is 2.64. The molecule has 0 radical (unpaired) electrons. The molecule has 2 heteroatoms. The Morgan fingerprint density at radius 3 is 2.85 bits per heavy atom. The lowest BCUT2D eigenvalue weighted by molar-refractivity contribution is 0.108. The number of hydrogen-bond acceptors (Lipinski definition) is 2. The Bertz CT molecular complexity index is 200. The molecule has 3 atom stereocenters. The van der Waals surface area contributed by atoms with Gasteiger partial charge in [-0.3, -0.25) is 0 Å². The van der Waals surface area contributed by atoms with Crippen LogP contribution in [0.5, 0.6) is 0 Å². The van der Waals surface area contributed by atoms with Gasteiger partial charge in [-0.05, 0) is 18.9 Å². The number of rotatable bonds is 4. The molecule has 2 bridgehead atoms. The summed E-state index contributed by atoms with van der Waals surface area (Å²) in [5.74, 6) is 1.46. The largest absolute Gasteiger partial charge is 0.367 e. The quantitative estimate of drug-likeness (QED) is 0.665. The maximum atomic E-state index is 5.69. The summed E-state index contributed by atoms with van der Waals surface area (Å²) in [7, 11) is 0. The summed E-state index contributed by atoms with van der Waals surface area (Å²) in [6.07, 6.45) is 6.46. The molecular weight excluding hydrogens is 162 g/mol. The first kappa shape index (κ1) is 9.22. The van der Waals surface area contributed by atoms with Crippen LogP contribution < -0.4 is 5.32 Å². The third-order valence-corrected chi connectivity index (χ3v) is 2.81. The Hall–Kier alpha value is -0.340. The maximum absolute atomic E-state index is 5.69. The van der Waals surface area contributed by atoms with Gasteiger partial charge < -0.3 is 10.1 Å². The van der Waals surface area contributed by atoms with Crippen molar-refractivity contribution in [1.29, 1.82) is 0 Å². The summed E-state index contributed by atoms with van der Waals surface area (Å²) in [5, 5.41) is 3.50. The van der Waals surface area contributed by atoms with Gasteiger partial charge in [-0.2, -0.15) is 0 Å². The first-order valence-electron chi connectivity index (χ1n) is 5.30. The van der Waals surface area contributed by atoms with E-state index in [-0.39, 0.29) is 0 Å². The second-order valence-corrected chi connectivity index (χ2v) is 4.57. The molecule has 13 heavy (non-hydrogen) atoms. The standard InChI is InChI=1S/C11H19NO/c1-8(2)6-12-7-9-5-10-3-4-11(9)13-10/h3-4,8-12H,5-7H2,1-2H3. The van der Waals surface area contributed by atoms with Gasteiger partial charge in [0.05, 0.1) is 12.2 Å². The Balaban J connectivity index is 1.69. The molecule has 0 aliphatic carbocycles. The average molecular weight is 181 g/mol. The fourth-order valence-electron chi connectivity index (χ4n) is 2.12. The van der Waals surface area contributed by atoms with Crippen LogP contribution in [0.15, 0.2) is 12.2 Å². The Kier molecular flexibility index (Phi) is 2.70. The van der Waals surface area contributed by atoms with Crippen LogP contribution in [0.1, 0.15) is 20.3 Å². The lowest BCUT2D eigenvalue weighted by Crippen LogP contribution is -2.30. The third kappa shape index (κ3) is 2.12. The summed E-state index contributed by atoms with van der Waals surface area (Å²) in [6, 6.07) is 0. The molecular formula is C11H19NO. The van der Waals surface area contributed by atoms with Gasteiger partial charge >= 0.3 is 0 Å². The highest BCUT2D eigenvalue weighted by Crippen LogP contribution is 2.32. The predicted octanol–water partition coefficient (Wildman–Crippen LogP) is 1.58. The lowest BCUT2D eigenvalue weighted by Gasteiger charge is -2.16. The molecule has 1 fully saturated rings. The molecule has 0 aromatic carbocycles. The van der Waals surface area contributed by atoms with Gasteiger partial charge in [-0.25, -0.2) is 0 Å². The maximum Gasteiger partial charge on any atom is 0.0806 e. The highest BCUT2D eigenvalue weighted by atomic mass is 16.5. The van der Waals surface area contributed by atoms with E-state index in [2.05, 4.69) is 31.3 Å². The van der Waals surface area contributed by atoms with Crippen molar-refractivity contribution in [3.63, 3.8) is 0 Å². The first-order chi connectivity index (χ1) is 6.25. The number of ether oxygens (including phenoxy) is 1. The van der Waals surface area contributed by atoms with E-state index in [0.717, 1.165) is 19.0 Å². The van der Waals surface area contributed by atoms with Crippen molar-refractivity contribution in [2.75, 3.05) is 13.1 Å². The zero-order valence-electron chi connectivity index (χ0n) is 8.49. The fourth-order valence-corrected chi connectivity index (χ4v) is 2.12. The molecule has 3 unspecified atom stereocenters. The van der Waals surface area contributed by atoms with Gasteiger partial charge in [0.25, 0.3) is 0 Å². The second-order valence-electron chi connectivity index (χ2n) is 4.57. The molecule has 1 N–H and O–H groups in total. The summed E-state index contributed by atoms with van der Waals surface area (Å²) in [4.78, 5) is 0. The van der Waals surface area contributed by atoms with Crippen LogP contribution in [0.2, 0.25) is 0 Å². The third-order valence-electron chi connectivity index (χ3n) is 2.81. The van der Waals surface area contributed by atoms with Gasteiger partial charge in [-0.1, -0.05) is 26.0 Å². The molecule has 0 amide bonds. The van der Waals surface area contributed by atoms with Crippen molar-refractivity contribution < 1.29 is 4.74 Å². The van der Waals surface area contributed by atoms with Crippen LogP contribution in [0.4, 0.5) is 0 Å². The Morgan fingerprint density at radius 1 is 1.46 bits per heavy atom. The molecule has 74 valence electrons. The predicted molar refractivity (Wildman–Crippen MR) is 53.6 cm³/mol. The van der Waals surface area contributed by atoms with Gasteiger partial charge in [0.15, 0.2) is 0 Å². The first-order valence-corrected chi connectivity index (χ1v) is 5.30. The minimum atomic E-state index is 0.407. The highest BCUT2D eigenvalue weighted by Gasteiger charge is 2.35. The normalized spacial score (nSPS) is 36.4. The molecule has 0 aromatic rings. The minimum Gasteiger partial charge on any atom is -0.367 e. The van der Waals surface area contributed by atoms with E-state index in [1.807, 2.05) is 0 Å². The molecule has 2 aliphatic rings. The zero-order chi connectivity index (χ0) is 9.26. The van der Waals surface area contributed by atoms with Crippen molar-refractivity contribution in [2.45, 2.75) is 32.5 Å². The van der Waals surface area contributed by atoms with Crippen molar-refractivity contribution in [1.82, 2.24) is 5.32 Å². The van der Waals surface area contributed by atoms with E-state index in [1.165, 1.54) is 6.42 Å². The van der Waals surface area contributed by atoms with Crippen LogP contribution in [0.3, 0.4) is 0 Å². The summed E-state index contributed by atoms with van der Waals surface area (Å²) in [6.45, 7) is 6.72. The van der Waals surface area contributed by atoms with Crippen LogP contribution in [-0.4, -0.2) is 25.3 Å². The minimum absolute atomic E-state index is 0.407. The van der Waals surface area contributed by atoms with Gasteiger partial charge in [0.2, 0.25) is 0 Å². The monoisotopic (exact) mass is 181 g/mol. The fraction of sp³-hybridized carbons (Fsp3) is 0.818. The van der Waals surface area contributed by atoms with E-state index >= 15 is 0 Å². The number of nitrogens with one attached hydrogen (secondary N) is 1. The number of fused-ring (bicyclic) bond motifs is 2. The molecule has 0 saturated carbocycles. The molecule has 2 heterocycles. The molecule has 2 aliphatic heterocycles. The van der Waals surface area contributed by atoms with Gasteiger partial charge in [0, 0.05) is 12.5 Å². The zero-order valence-corrected chi connectivity index (χ0v) is 8.49.